The summed E-state index contributed by atoms with van der Waals surface area (Å²) >= 11 is 5.80. The molecule has 0 saturated carbocycles. The van der Waals surface area contributed by atoms with Crippen LogP contribution in [-0.4, -0.2) is 62.8 Å². The molecular formula is C23H21ClFN5O3. The molecule has 5 rings (SSSR count). The molecule has 2 amide bonds. The minimum absolute atomic E-state index is 0.0940. The van der Waals surface area contributed by atoms with Crippen LogP contribution in [0.5, 0.6) is 0 Å². The normalized spacial score (nSPS) is 18.2. The summed E-state index contributed by atoms with van der Waals surface area (Å²) in [6.45, 7) is 2.17. The second-order valence-electron chi connectivity index (χ2n) is 7.99. The first-order chi connectivity index (χ1) is 16.0. The minimum Gasteiger partial charge on any atom is -0.365 e. The van der Waals surface area contributed by atoms with Crippen LogP contribution in [0.3, 0.4) is 0 Å². The van der Waals surface area contributed by atoms with Crippen LogP contribution in [0.1, 0.15) is 38.2 Å². The predicted octanol–water partition coefficient (Wildman–Crippen LogP) is 2.94. The topological polar surface area (TPSA) is 80.6 Å². The Morgan fingerprint density at radius 3 is 2.39 bits per heavy atom. The summed E-state index contributed by atoms with van der Waals surface area (Å²) in [7, 11) is 0. The van der Waals surface area contributed by atoms with Crippen LogP contribution in [0.15, 0.2) is 48.5 Å². The first kappa shape index (κ1) is 21.5. The van der Waals surface area contributed by atoms with E-state index in [-0.39, 0.29) is 35.2 Å². The molecule has 2 aromatic carbocycles. The van der Waals surface area contributed by atoms with Gasteiger partial charge in [-0.05, 0) is 23.8 Å². The fraction of sp³-hybridized carbons (Fsp3) is 0.304. The van der Waals surface area contributed by atoms with Crippen LogP contribution >= 0.6 is 11.6 Å². The average Bonchev–Trinajstić information content (AvgIpc) is 3.29. The number of aromatic nitrogens is 3. The highest BCUT2D eigenvalue weighted by molar-refractivity contribution is 6.31. The monoisotopic (exact) mass is 469 g/mol. The molecule has 0 bridgehead atoms. The lowest BCUT2D eigenvalue weighted by Crippen LogP contribution is -2.50. The second kappa shape index (κ2) is 8.92. The van der Waals surface area contributed by atoms with Gasteiger partial charge in [-0.3, -0.25) is 9.59 Å². The van der Waals surface area contributed by atoms with E-state index in [9.17, 15) is 14.0 Å². The minimum atomic E-state index is -0.570. The third-order valence-electron chi connectivity index (χ3n) is 5.99. The number of benzene rings is 2. The van der Waals surface area contributed by atoms with Crippen LogP contribution in [0.25, 0.3) is 0 Å². The Kier molecular flexibility index (Phi) is 5.82. The largest absolute Gasteiger partial charge is 0.365 e. The molecule has 1 fully saturated rings. The average molecular weight is 470 g/mol. The van der Waals surface area contributed by atoms with E-state index in [4.69, 9.17) is 16.3 Å². The Balaban J connectivity index is 1.23. The Bertz CT molecular complexity index is 1190. The van der Waals surface area contributed by atoms with Crippen molar-refractivity contribution in [3.05, 3.63) is 81.9 Å². The van der Waals surface area contributed by atoms with Gasteiger partial charge in [0.1, 0.15) is 11.9 Å². The maximum absolute atomic E-state index is 13.4. The second-order valence-corrected chi connectivity index (χ2v) is 8.40. The molecular weight excluding hydrogens is 449 g/mol. The van der Waals surface area contributed by atoms with E-state index in [0.29, 0.717) is 44.0 Å². The standard InChI is InChI=1S/C23H21ClFN5O3/c24-17-12-16(6-7-18(17)25)22(31)28-8-10-29(11-9-28)23(32)21-19-14-33-20(13-30(19)27-26-21)15-4-2-1-3-5-15/h1-7,12,20H,8-11,13-14H2. The number of piperazine rings is 1. The molecule has 3 aromatic rings. The lowest BCUT2D eigenvalue weighted by molar-refractivity contribution is -0.00202. The van der Waals surface area contributed by atoms with Crippen molar-refractivity contribution in [1.82, 2.24) is 24.8 Å². The van der Waals surface area contributed by atoms with E-state index in [1.54, 1.807) is 14.5 Å². The third-order valence-corrected chi connectivity index (χ3v) is 6.28. The van der Waals surface area contributed by atoms with Gasteiger partial charge in [0.2, 0.25) is 0 Å². The van der Waals surface area contributed by atoms with Crippen molar-refractivity contribution in [3.8, 4) is 0 Å². The summed E-state index contributed by atoms with van der Waals surface area (Å²) in [5, 5.41) is 8.22. The zero-order chi connectivity index (χ0) is 22.9. The summed E-state index contributed by atoms with van der Waals surface area (Å²) < 4.78 is 21.1. The van der Waals surface area contributed by atoms with Crippen LogP contribution in [0.4, 0.5) is 4.39 Å². The van der Waals surface area contributed by atoms with Crippen LogP contribution in [-0.2, 0) is 17.9 Å². The van der Waals surface area contributed by atoms with Crippen LogP contribution in [0, 0.1) is 5.82 Å². The fourth-order valence-electron chi connectivity index (χ4n) is 4.12. The van der Waals surface area contributed by atoms with E-state index in [2.05, 4.69) is 10.3 Å². The molecule has 1 saturated heterocycles. The highest BCUT2D eigenvalue weighted by Gasteiger charge is 2.32. The van der Waals surface area contributed by atoms with Crippen molar-refractivity contribution in [2.24, 2.45) is 0 Å². The van der Waals surface area contributed by atoms with E-state index < -0.39 is 5.82 Å². The Hall–Kier alpha value is -3.30. The molecule has 1 aromatic heterocycles. The summed E-state index contributed by atoms with van der Waals surface area (Å²) in [5.41, 5.74) is 2.31. The molecule has 1 atom stereocenters. The molecule has 3 heterocycles. The van der Waals surface area contributed by atoms with E-state index >= 15 is 0 Å². The maximum Gasteiger partial charge on any atom is 0.276 e. The van der Waals surface area contributed by atoms with Gasteiger partial charge >= 0.3 is 0 Å². The number of ether oxygens (including phenoxy) is 1. The van der Waals surface area contributed by atoms with Crippen LogP contribution < -0.4 is 0 Å². The first-order valence-electron chi connectivity index (χ1n) is 10.6. The van der Waals surface area contributed by atoms with Crippen molar-refractivity contribution in [2.45, 2.75) is 19.3 Å². The van der Waals surface area contributed by atoms with E-state index in [0.717, 1.165) is 5.56 Å². The maximum atomic E-state index is 13.4. The van der Waals surface area contributed by atoms with Gasteiger partial charge in [0.15, 0.2) is 5.69 Å². The number of hydrogen-bond acceptors (Lipinski definition) is 5. The lowest BCUT2D eigenvalue weighted by atomic mass is 10.1. The van der Waals surface area contributed by atoms with E-state index in [1.807, 2.05) is 30.3 Å². The van der Waals surface area contributed by atoms with Gasteiger partial charge in [-0.25, -0.2) is 9.07 Å². The SMILES string of the molecule is O=C(c1ccc(F)c(Cl)c1)N1CCN(C(=O)c2nnn3c2COC(c2ccccc2)C3)CC1. The van der Waals surface area contributed by atoms with Gasteiger partial charge in [0, 0.05) is 31.7 Å². The van der Waals surface area contributed by atoms with Gasteiger partial charge in [-0.1, -0.05) is 47.1 Å². The van der Waals surface area contributed by atoms with Crippen molar-refractivity contribution < 1.29 is 18.7 Å². The molecule has 8 nitrogen and oxygen atoms in total. The van der Waals surface area contributed by atoms with Gasteiger partial charge in [-0.2, -0.15) is 0 Å². The Labute approximate surface area is 194 Å². The molecule has 0 radical (unpaired) electrons. The van der Waals surface area contributed by atoms with Gasteiger partial charge in [0.05, 0.1) is 23.9 Å². The first-order valence-corrected chi connectivity index (χ1v) is 11.0. The third kappa shape index (κ3) is 4.21. The van der Waals surface area contributed by atoms with Crippen molar-refractivity contribution in [1.29, 1.82) is 0 Å². The molecule has 10 heteroatoms. The molecule has 170 valence electrons. The quantitative estimate of drug-likeness (QED) is 0.589. The van der Waals surface area contributed by atoms with Gasteiger partial charge in [0.25, 0.3) is 11.8 Å². The molecule has 0 spiro atoms. The number of rotatable bonds is 3. The molecule has 33 heavy (non-hydrogen) atoms. The number of fused-ring (bicyclic) bond motifs is 1. The number of carbonyl (C=O) groups excluding carboxylic acids is 2. The zero-order valence-corrected chi connectivity index (χ0v) is 18.4. The number of carbonyl (C=O) groups is 2. The summed E-state index contributed by atoms with van der Waals surface area (Å²) in [4.78, 5) is 29.1. The van der Waals surface area contributed by atoms with E-state index in [1.165, 1.54) is 18.2 Å². The predicted molar refractivity (Wildman–Crippen MR) is 117 cm³/mol. The van der Waals surface area contributed by atoms with Crippen molar-refractivity contribution in [2.75, 3.05) is 26.2 Å². The molecule has 2 aliphatic rings. The Morgan fingerprint density at radius 2 is 1.70 bits per heavy atom. The molecule has 2 aliphatic heterocycles. The van der Waals surface area contributed by atoms with Crippen molar-refractivity contribution >= 4 is 23.4 Å². The zero-order valence-electron chi connectivity index (χ0n) is 17.7. The van der Waals surface area contributed by atoms with Gasteiger partial charge < -0.3 is 14.5 Å². The smallest absolute Gasteiger partial charge is 0.276 e. The Morgan fingerprint density at radius 1 is 1.00 bits per heavy atom. The van der Waals surface area contributed by atoms with Crippen molar-refractivity contribution in [3.63, 3.8) is 0 Å². The molecule has 0 N–H and O–H groups in total. The molecule has 1 unspecified atom stereocenters. The number of amides is 2. The highest BCUT2D eigenvalue weighted by atomic mass is 35.5. The number of halogens is 2. The van der Waals surface area contributed by atoms with Crippen LogP contribution in [0.2, 0.25) is 5.02 Å². The summed E-state index contributed by atoms with van der Waals surface area (Å²) in [6, 6.07) is 13.8. The lowest BCUT2D eigenvalue weighted by Gasteiger charge is -2.34. The molecule has 0 aliphatic carbocycles. The highest BCUT2D eigenvalue weighted by Crippen LogP contribution is 2.27. The summed E-state index contributed by atoms with van der Waals surface area (Å²) in [5.74, 6) is -1.04. The summed E-state index contributed by atoms with van der Waals surface area (Å²) in [6.07, 6.45) is -0.141. The van der Waals surface area contributed by atoms with Gasteiger partial charge in [-0.15, -0.1) is 5.10 Å². The number of hydrogen-bond donors (Lipinski definition) is 0. The number of nitrogens with zero attached hydrogens (tertiary/aromatic N) is 5. The fourth-order valence-corrected chi connectivity index (χ4v) is 4.30.